The van der Waals surface area contributed by atoms with E-state index in [1.54, 1.807) is 0 Å². The van der Waals surface area contributed by atoms with Crippen molar-refractivity contribution in [1.29, 1.82) is 0 Å². The minimum atomic E-state index is -4.40. The molecule has 0 bridgehead atoms. The van der Waals surface area contributed by atoms with E-state index in [-0.39, 0.29) is 33.9 Å². The summed E-state index contributed by atoms with van der Waals surface area (Å²) in [7, 11) is -4.40. The molecule has 0 saturated heterocycles. The van der Waals surface area contributed by atoms with Crippen molar-refractivity contribution in [2.24, 2.45) is 28.6 Å². The van der Waals surface area contributed by atoms with Gasteiger partial charge in [0, 0.05) is 11.8 Å². The van der Waals surface area contributed by atoms with Gasteiger partial charge in [-0.05, 0) is 68.1 Å². The normalized spacial score (nSPS) is 45.0. The van der Waals surface area contributed by atoms with Crippen molar-refractivity contribution in [3.8, 4) is 0 Å². The SMILES string of the molecule is C[C@]12CC[C@H](OS(=O)(=O)O)CC1=CCC1C2CC[C@]2(C)C(=O)CCC12.[Mg+2]. The molecular weight excluding hydrogens is 365 g/mol. The number of Topliss-reactive ketones (excluding diaryl/α,β-unsaturated/α-hetero) is 1. The van der Waals surface area contributed by atoms with Gasteiger partial charge in [0.25, 0.3) is 0 Å². The predicted molar refractivity (Wildman–Crippen MR) is 98.9 cm³/mol. The van der Waals surface area contributed by atoms with Crippen molar-refractivity contribution in [3.05, 3.63) is 11.6 Å². The topological polar surface area (TPSA) is 80.7 Å². The molecule has 140 valence electrons. The number of hydrogen-bond acceptors (Lipinski definition) is 4. The van der Waals surface area contributed by atoms with Gasteiger partial charge < -0.3 is 0 Å². The fourth-order valence-corrected chi connectivity index (χ4v) is 7.16. The summed E-state index contributed by atoms with van der Waals surface area (Å²) in [6, 6.07) is 0. The van der Waals surface area contributed by atoms with Crippen molar-refractivity contribution in [2.75, 3.05) is 0 Å². The second-order valence-electron chi connectivity index (χ2n) is 9.07. The average molecular weight is 393 g/mol. The van der Waals surface area contributed by atoms with Gasteiger partial charge in [0.1, 0.15) is 5.78 Å². The van der Waals surface area contributed by atoms with E-state index in [1.807, 2.05) is 0 Å². The first-order valence-corrected chi connectivity index (χ1v) is 10.9. The van der Waals surface area contributed by atoms with Gasteiger partial charge in [-0.15, -0.1) is 0 Å². The van der Waals surface area contributed by atoms with Crippen LogP contribution in [0.15, 0.2) is 11.6 Å². The maximum absolute atomic E-state index is 12.4. The zero-order valence-electron chi connectivity index (χ0n) is 15.7. The van der Waals surface area contributed by atoms with Crippen LogP contribution in [-0.2, 0) is 19.4 Å². The molecule has 5 nitrogen and oxygen atoms in total. The second-order valence-corrected chi connectivity index (χ2v) is 10.1. The Balaban J connectivity index is 0.00000196. The first-order chi connectivity index (χ1) is 11.6. The maximum atomic E-state index is 12.4. The Hall–Kier alpha value is 0.0462. The zero-order valence-corrected chi connectivity index (χ0v) is 18.0. The molecule has 3 saturated carbocycles. The van der Waals surface area contributed by atoms with Gasteiger partial charge in [-0.2, -0.15) is 8.42 Å². The molecule has 0 spiro atoms. The third-order valence-electron chi connectivity index (χ3n) is 8.03. The van der Waals surface area contributed by atoms with Crippen molar-refractivity contribution >= 4 is 39.2 Å². The van der Waals surface area contributed by atoms with E-state index in [4.69, 9.17) is 8.74 Å². The van der Waals surface area contributed by atoms with E-state index < -0.39 is 16.5 Å². The largest absolute Gasteiger partial charge is 2.00 e. The minimum Gasteiger partial charge on any atom is -0.299 e. The summed E-state index contributed by atoms with van der Waals surface area (Å²) >= 11 is 0. The molecule has 7 heteroatoms. The summed E-state index contributed by atoms with van der Waals surface area (Å²) in [6.45, 7) is 4.50. The third-order valence-corrected chi connectivity index (χ3v) is 8.54. The van der Waals surface area contributed by atoms with Crippen LogP contribution in [-0.4, -0.2) is 47.9 Å². The number of hydrogen-bond donors (Lipinski definition) is 1. The molecular formula is C19H28MgO5S+2. The van der Waals surface area contributed by atoms with Crippen LogP contribution < -0.4 is 0 Å². The molecule has 4 aliphatic rings. The van der Waals surface area contributed by atoms with Crippen molar-refractivity contribution in [1.82, 2.24) is 0 Å². The molecule has 4 rings (SSSR count). The van der Waals surface area contributed by atoms with Gasteiger partial charge in [-0.1, -0.05) is 25.5 Å². The Morgan fingerprint density at radius 3 is 2.46 bits per heavy atom. The van der Waals surface area contributed by atoms with Crippen LogP contribution in [0.2, 0.25) is 0 Å². The molecule has 0 aromatic rings. The number of ketones is 1. The monoisotopic (exact) mass is 392 g/mol. The van der Waals surface area contributed by atoms with Crippen LogP contribution in [0.1, 0.15) is 65.2 Å². The molecule has 4 aliphatic carbocycles. The Kier molecular flexibility index (Phi) is 5.46. The van der Waals surface area contributed by atoms with Crippen LogP contribution in [0.5, 0.6) is 0 Å². The fourth-order valence-electron chi connectivity index (χ4n) is 6.65. The summed E-state index contributed by atoms with van der Waals surface area (Å²) < 4.78 is 35.9. The molecule has 6 atom stereocenters. The number of fused-ring (bicyclic) bond motifs is 5. The molecule has 3 fully saturated rings. The molecule has 0 aliphatic heterocycles. The van der Waals surface area contributed by atoms with Crippen molar-refractivity contribution < 1.29 is 21.9 Å². The number of carbonyl (C=O) groups is 1. The molecule has 0 aromatic carbocycles. The van der Waals surface area contributed by atoms with Crippen LogP contribution in [0.25, 0.3) is 0 Å². The standard InChI is InChI=1S/C19H28O5S.Mg/c1-18-9-7-13(24-25(21,22)23)11-12(18)3-4-14-15-5-6-17(20)19(15,2)10-8-16(14)18;/h3,13-16H,4-11H2,1-2H3,(H,21,22,23);/q;+2/t13-,14?,15?,16?,18-,19-;/m0./s1. The molecule has 26 heavy (non-hydrogen) atoms. The Labute approximate surface area is 172 Å². The third kappa shape index (κ3) is 3.21. The predicted octanol–water partition coefficient (Wildman–Crippen LogP) is 3.33. The van der Waals surface area contributed by atoms with E-state index in [9.17, 15) is 13.2 Å². The smallest absolute Gasteiger partial charge is 0.299 e. The summed E-state index contributed by atoms with van der Waals surface area (Å²) in [5.41, 5.74) is 1.25. The zero-order chi connectivity index (χ0) is 18.0. The number of carbonyl (C=O) groups excluding carboxylic acids is 1. The van der Waals surface area contributed by atoms with Crippen LogP contribution in [0.4, 0.5) is 0 Å². The molecule has 0 radical (unpaired) electrons. The van der Waals surface area contributed by atoms with Crippen LogP contribution in [0, 0.1) is 28.6 Å². The Morgan fingerprint density at radius 2 is 1.77 bits per heavy atom. The van der Waals surface area contributed by atoms with Gasteiger partial charge in [-0.3, -0.25) is 9.35 Å². The quantitative estimate of drug-likeness (QED) is 0.443. The van der Waals surface area contributed by atoms with Crippen LogP contribution >= 0.6 is 0 Å². The molecule has 1 N–H and O–H groups in total. The van der Waals surface area contributed by atoms with Crippen molar-refractivity contribution in [3.63, 3.8) is 0 Å². The van der Waals surface area contributed by atoms with Gasteiger partial charge >= 0.3 is 33.5 Å². The minimum absolute atomic E-state index is 0. The first-order valence-electron chi connectivity index (χ1n) is 9.52. The van der Waals surface area contributed by atoms with Gasteiger partial charge in [0.2, 0.25) is 0 Å². The van der Waals surface area contributed by atoms with E-state index in [0.717, 1.165) is 38.5 Å². The maximum Gasteiger partial charge on any atom is 2.00 e. The van der Waals surface area contributed by atoms with Crippen LogP contribution in [0.3, 0.4) is 0 Å². The van der Waals surface area contributed by atoms with Gasteiger partial charge in [0.05, 0.1) is 6.10 Å². The summed E-state index contributed by atoms with van der Waals surface area (Å²) in [4.78, 5) is 12.4. The fraction of sp³-hybridized carbons (Fsp3) is 0.842. The van der Waals surface area contributed by atoms with Gasteiger partial charge in [-0.25, -0.2) is 4.18 Å². The molecule has 0 aromatic heterocycles. The summed E-state index contributed by atoms with van der Waals surface area (Å²) in [6.07, 6.45) is 8.79. The molecule has 0 amide bonds. The molecule has 0 heterocycles. The average Bonchev–Trinajstić information content (AvgIpc) is 2.82. The van der Waals surface area contributed by atoms with E-state index >= 15 is 0 Å². The summed E-state index contributed by atoms with van der Waals surface area (Å²) in [5, 5.41) is 0. The van der Waals surface area contributed by atoms with Gasteiger partial charge in [0.15, 0.2) is 0 Å². The number of rotatable bonds is 2. The molecule has 3 unspecified atom stereocenters. The number of allylic oxidation sites excluding steroid dienone is 1. The van der Waals surface area contributed by atoms with E-state index in [2.05, 4.69) is 19.9 Å². The summed E-state index contributed by atoms with van der Waals surface area (Å²) in [5.74, 6) is 2.10. The Morgan fingerprint density at radius 1 is 1.12 bits per heavy atom. The van der Waals surface area contributed by atoms with Crippen molar-refractivity contribution in [2.45, 2.75) is 71.3 Å². The van der Waals surface area contributed by atoms with E-state index in [0.29, 0.717) is 36.4 Å². The van der Waals surface area contributed by atoms with E-state index in [1.165, 1.54) is 5.57 Å². The Bertz CT molecular complexity index is 732. The first kappa shape index (κ1) is 20.8. The second kappa shape index (κ2) is 6.83.